The molecule has 0 spiro atoms. The third kappa shape index (κ3) is 6.32. The number of pyridine rings is 2. The van der Waals surface area contributed by atoms with Crippen LogP contribution in [-0.2, 0) is 6.42 Å². The SMILES string of the molecule is C#Cc1c(F)ccc2cc(O)cc(-c3nc4c5c(nc(OC[C@@]67CCCN6[C@H](COc6ncccc6OC(F)(F)F)CC7)nc5c3F)N3CCNC[C@H]3CC4)c12. The summed E-state index contributed by atoms with van der Waals surface area (Å²) in [4.78, 5) is 22.8. The predicted octanol–water partition coefficient (Wildman–Crippen LogP) is 6.28. The molecule has 3 saturated heterocycles. The molecule has 11 nitrogen and oxygen atoms in total. The largest absolute Gasteiger partial charge is 0.573 e. The lowest BCUT2D eigenvalue weighted by Gasteiger charge is -2.36. The minimum Gasteiger partial charge on any atom is -0.508 e. The van der Waals surface area contributed by atoms with E-state index in [0.29, 0.717) is 61.2 Å². The van der Waals surface area contributed by atoms with E-state index < -0.39 is 29.3 Å². The third-order valence-electron chi connectivity index (χ3n) is 11.5. The van der Waals surface area contributed by atoms with Crippen LogP contribution in [0.2, 0.25) is 0 Å². The Hall–Kier alpha value is -5.53. The van der Waals surface area contributed by atoms with E-state index in [9.17, 15) is 18.3 Å². The Labute approximate surface area is 317 Å². The molecular weight excluding hydrogens is 737 g/mol. The molecule has 2 N–H and O–H groups in total. The predicted molar refractivity (Wildman–Crippen MR) is 196 cm³/mol. The van der Waals surface area contributed by atoms with E-state index in [0.717, 1.165) is 31.9 Å². The number of aromatic nitrogens is 4. The van der Waals surface area contributed by atoms with E-state index in [1.165, 1.54) is 36.5 Å². The highest BCUT2D eigenvalue weighted by atomic mass is 19.4. The van der Waals surface area contributed by atoms with Gasteiger partial charge in [-0.2, -0.15) is 9.97 Å². The van der Waals surface area contributed by atoms with Crippen molar-refractivity contribution in [2.45, 2.75) is 62.5 Å². The number of fused-ring (bicyclic) bond motifs is 4. The number of hydrogen-bond acceptors (Lipinski definition) is 11. The highest BCUT2D eigenvalue weighted by Gasteiger charge is 2.50. The van der Waals surface area contributed by atoms with Crippen molar-refractivity contribution >= 4 is 27.5 Å². The third-order valence-corrected chi connectivity index (χ3v) is 11.5. The first-order chi connectivity index (χ1) is 27.0. The van der Waals surface area contributed by atoms with Crippen molar-refractivity contribution in [2.75, 3.05) is 44.3 Å². The number of nitrogens with zero attached hydrogens (tertiary/aromatic N) is 6. The van der Waals surface area contributed by atoms with Crippen LogP contribution in [0, 0.1) is 24.0 Å². The van der Waals surface area contributed by atoms with Gasteiger partial charge in [0.2, 0.25) is 0 Å². The summed E-state index contributed by atoms with van der Waals surface area (Å²) in [6.45, 7) is 3.00. The van der Waals surface area contributed by atoms with Crippen LogP contribution in [-0.4, -0.2) is 93.3 Å². The smallest absolute Gasteiger partial charge is 0.508 e. The Kier molecular flexibility index (Phi) is 8.96. The maximum absolute atomic E-state index is 17.2. The van der Waals surface area contributed by atoms with Gasteiger partial charge in [-0.15, -0.1) is 19.6 Å². The van der Waals surface area contributed by atoms with Crippen molar-refractivity contribution < 1.29 is 41.3 Å². The monoisotopic (exact) mass is 773 g/mol. The Morgan fingerprint density at radius 3 is 2.75 bits per heavy atom. The lowest BCUT2D eigenvalue weighted by atomic mass is 9.95. The molecule has 3 atom stereocenters. The molecule has 2 aromatic carbocycles. The highest BCUT2D eigenvalue weighted by Crippen LogP contribution is 2.45. The molecule has 290 valence electrons. The number of phenols is 1. The number of phenolic OH excluding ortho intramolecular Hbond substituents is 1. The van der Waals surface area contributed by atoms with Crippen molar-refractivity contribution in [1.29, 1.82) is 0 Å². The quantitative estimate of drug-likeness (QED) is 0.137. The van der Waals surface area contributed by atoms with E-state index in [4.69, 9.17) is 25.9 Å². The lowest BCUT2D eigenvalue weighted by molar-refractivity contribution is -0.275. The molecule has 0 bridgehead atoms. The number of aryl methyl sites for hydroxylation is 1. The summed E-state index contributed by atoms with van der Waals surface area (Å²) in [6, 6.07) is 7.85. The van der Waals surface area contributed by atoms with Gasteiger partial charge in [0.15, 0.2) is 11.6 Å². The summed E-state index contributed by atoms with van der Waals surface area (Å²) in [7, 11) is 0. The lowest BCUT2D eigenvalue weighted by Crippen LogP contribution is -2.51. The second-order valence-corrected chi connectivity index (χ2v) is 14.7. The van der Waals surface area contributed by atoms with E-state index in [-0.39, 0.29) is 70.7 Å². The molecule has 9 rings (SSSR count). The number of nitrogens with one attached hydrogen (secondary N) is 1. The first-order valence-corrected chi connectivity index (χ1v) is 18.5. The summed E-state index contributed by atoms with van der Waals surface area (Å²) in [6.07, 6.45) is 6.46. The Morgan fingerprint density at radius 1 is 1.04 bits per heavy atom. The number of aromatic hydroxyl groups is 1. The number of anilines is 1. The van der Waals surface area contributed by atoms with Crippen LogP contribution in [0.5, 0.6) is 23.4 Å². The van der Waals surface area contributed by atoms with Gasteiger partial charge < -0.3 is 29.5 Å². The maximum atomic E-state index is 17.2. The van der Waals surface area contributed by atoms with Gasteiger partial charge in [-0.1, -0.05) is 12.0 Å². The van der Waals surface area contributed by atoms with Crippen LogP contribution >= 0.6 is 0 Å². The van der Waals surface area contributed by atoms with Crippen LogP contribution < -0.4 is 24.4 Å². The van der Waals surface area contributed by atoms with Gasteiger partial charge in [0.05, 0.1) is 22.2 Å². The number of rotatable bonds is 8. The van der Waals surface area contributed by atoms with Gasteiger partial charge in [0.25, 0.3) is 5.88 Å². The van der Waals surface area contributed by atoms with Gasteiger partial charge in [0.1, 0.15) is 41.8 Å². The van der Waals surface area contributed by atoms with E-state index >= 15 is 8.78 Å². The summed E-state index contributed by atoms with van der Waals surface area (Å²) < 4.78 is 87.6. The molecule has 0 radical (unpaired) electrons. The number of hydrogen-bond donors (Lipinski definition) is 2. The van der Waals surface area contributed by atoms with Gasteiger partial charge in [-0.05, 0) is 80.8 Å². The van der Waals surface area contributed by atoms with Crippen molar-refractivity contribution in [3.63, 3.8) is 0 Å². The fourth-order valence-corrected chi connectivity index (χ4v) is 9.04. The normalized spacial score (nSPS) is 22.1. The molecule has 5 aromatic rings. The summed E-state index contributed by atoms with van der Waals surface area (Å²) in [5.74, 6) is 0.544. The maximum Gasteiger partial charge on any atom is 0.573 e. The van der Waals surface area contributed by atoms with Crippen molar-refractivity contribution in [1.82, 2.24) is 30.2 Å². The molecule has 0 unspecified atom stereocenters. The fraction of sp³-hybridized carbons (Fsp3) is 0.400. The molecule has 0 aliphatic carbocycles. The average Bonchev–Trinajstić information content (AvgIpc) is 3.70. The van der Waals surface area contributed by atoms with Gasteiger partial charge in [-0.3, -0.25) is 4.90 Å². The van der Waals surface area contributed by atoms with Gasteiger partial charge >= 0.3 is 12.4 Å². The molecule has 4 aliphatic heterocycles. The Morgan fingerprint density at radius 2 is 1.91 bits per heavy atom. The van der Waals surface area contributed by atoms with Gasteiger partial charge in [-0.25, -0.2) is 18.7 Å². The molecule has 3 fully saturated rings. The molecule has 56 heavy (non-hydrogen) atoms. The number of ether oxygens (including phenoxy) is 3. The van der Waals surface area contributed by atoms with E-state index in [1.54, 1.807) is 0 Å². The minimum atomic E-state index is -4.89. The topological polar surface area (TPSA) is 118 Å². The van der Waals surface area contributed by atoms with Crippen molar-refractivity contribution in [3.05, 3.63) is 65.5 Å². The van der Waals surface area contributed by atoms with Crippen LogP contribution in [0.15, 0.2) is 42.6 Å². The number of halogens is 5. The van der Waals surface area contributed by atoms with Crippen molar-refractivity contribution in [3.8, 4) is 47.0 Å². The van der Waals surface area contributed by atoms with Crippen LogP contribution in [0.1, 0.15) is 43.4 Å². The molecule has 3 aromatic heterocycles. The molecule has 16 heteroatoms. The number of alkyl halides is 3. The van der Waals surface area contributed by atoms with Crippen LogP contribution in [0.3, 0.4) is 0 Å². The Bertz CT molecular complexity index is 2410. The second kappa shape index (κ2) is 13.9. The standard InChI is InChI=1S/C40H36F5N7O4/c1-2-26-28(41)8-6-22-17-25(53)18-27(31(22)26)34-33(42)35-32-29(48-34)9-7-23-19-46-14-16-51(23)36(32)50-38(49-35)55-21-39-11-4-15-52(39)24(10-12-39)20-54-37-30(5-3-13-47-37)56-40(43,44)45/h1,3,5-6,8,13,17-18,23-24,46,53H,4,7,9-12,14-16,19-21H2/t23-,24+,39+/m1/s1. The van der Waals surface area contributed by atoms with E-state index in [1.807, 2.05) is 0 Å². The zero-order chi connectivity index (χ0) is 38.8. The molecule has 7 heterocycles. The van der Waals surface area contributed by atoms with Gasteiger partial charge in [0, 0.05) is 48.9 Å². The summed E-state index contributed by atoms with van der Waals surface area (Å²) >= 11 is 0. The first kappa shape index (κ1) is 36.1. The zero-order valence-electron chi connectivity index (χ0n) is 30.0. The van der Waals surface area contributed by atoms with Crippen LogP contribution in [0.25, 0.3) is 32.9 Å². The second-order valence-electron chi connectivity index (χ2n) is 14.7. The summed E-state index contributed by atoms with van der Waals surface area (Å²) in [5, 5.41) is 15.3. The van der Waals surface area contributed by atoms with Crippen LogP contribution in [0.4, 0.5) is 27.8 Å². The molecular formula is C40H36F5N7O4. The number of benzene rings is 2. The summed E-state index contributed by atoms with van der Waals surface area (Å²) in [5.41, 5.74) is 0.0628. The fourth-order valence-electron chi connectivity index (χ4n) is 9.04. The average molecular weight is 774 g/mol. The molecule has 4 aliphatic rings. The Balaban J connectivity index is 1.07. The first-order valence-electron chi connectivity index (χ1n) is 18.5. The molecule has 0 amide bonds. The minimum absolute atomic E-state index is 0.00921. The van der Waals surface area contributed by atoms with E-state index in [2.05, 4.69) is 35.7 Å². The van der Waals surface area contributed by atoms with Crippen molar-refractivity contribution in [2.24, 2.45) is 0 Å². The zero-order valence-corrected chi connectivity index (χ0v) is 30.0. The highest BCUT2D eigenvalue weighted by molar-refractivity contribution is 6.03. The number of terminal acetylenes is 1. The molecule has 0 saturated carbocycles. The number of piperazine rings is 1.